The van der Waals surface area contributed by atoms with Crippen molar-refractivity contribution in [2.24, 2.45) is 5.41 Å². The summed E-state index contributed by atoms with van der Waals surface area (Å²) in [5, 5.41) is 3.50. The van der Waals surface area contributed by atoms with Crippen LogP contribution in [-0.4, -0.2) is 45.5 Å². The molecule has 1 unspecified atom stereocenters. The molecule has 0 saturated carbocycles. The molecule has 0 aliphatic carbocycles. The molecule has 6 heteroatoms. The lowest BCUT2D eigenvalue weighted by Crippen LogP contribution is -2.44. The highest BCUT2D eigenvalue weighted by Gasteiger charge is 2.38. The molecule has 1 N–H and O–H groups in total. The molecule has 6 rings (SSSR count). The van der Waals surface area contributed by atoms with Crippen molar-refractivity contribution >= 4 is 23.1 Å². The predicted octanol–water partition coefficient (Wildman–Crippen LogP) is 5.43. The molecular weight excluding hydrogens is 441 g/mol. The summed E-state index contributed by atoms with van der Waals surface area (Å²) >= 11 is 0. The normalized spacial score (nSPS) is 26.0. The van der Waals surface area contributed by atoms with Crippen LogP contribution in [0.3, 0.4) is 0 Å². The van der Waals surface area contributed by atoms with Crippen molar-refractivity contribution in [1.29, 1.82) is 0 Å². The van der Waals surface area contributed by atoms with E-state index in [-0.39, 0.29) is 11.9 Å². The lowest BCUT2D eigenvalue weighted by atomic mass is 9.79. The first kappa shape index (κ1) is 22.6. The molecule has 4 aliphatic rings. The van der Waals surface area contributed by atoms with E-state index in [4.69, 9.17) is 9.47 Å². The van der Waals surface area contributed by atoms with Gasteiger partial charge in [0.2, 0.25) is 0 Å². The first-order valence-corrected chi connectivity index (χ1v) is 12.9. The van der Waals surface area contributed by atoms with Gasteiger partial charge in [0.25, 0.3) is 0 Å². The minimum Gasteiger partial charge on any atom is -0.491 e. The van der Waals surface area contributed by atoms with Crippen molar-refractivity contribution in [1.82, 2.24) is 5.32 Å². The molecule has 184 valence electrons. The number of anilines is 2. The van der Waals surface area contributed by atoms with E-state index in [0.717, 1.165) is 80.3 Å². The second kappa shape index (κ2) is 9.32. The summed E-state index contributed by atoms with van der Waals surface area (Å²) in [7, 11) is 0. The molecule has 2 aromatic carbocycles. The zero-order chi connectivity index (χ0) is 23.8. The van der Waals surface area contributed by atoms with Crippen molar-refractivity contribution in [2.45, 2.75) is 38.2 Å². The van der Waals surface area contributed by atoms with Gasteiger partial charge >= 0.3 is 0 Å². The zero-order valence-electron chi connectivity index (χ0n) is 20.3. The van der Waals surface area contributed by atoms with Crippen molar-refractivity contribution in [3.05, 3.63) is 66.1 Å². The number of nitrogens with zero attached hydrogens (tertiary/aromatic N) is 2. The fourth-order valence-corrected chi connectivity index (χ4v) is 6.07. The Labute approximate surface area is 207 Å². The molecule has 0 bridgehead atoms. The second-order valence-electron chi connectivity index (χ2n) is 10.4. The van der Waals surface area contributed by atoms with Gasteiger partial charge in [0.1, 0.15) is 18.2 Å². The number of rotatable bonds is 5. The average molecular weight is 476 g/mol. The minimum absolute atomic E-state index is 0.171. The summed E-state index contributed by atoms with van der Waals surface area (Å²) in [4.78, 5) is 4.20. The third-order valence-corrected chi connectivity index (χ3v) is 8.03. The summed E-state index contributed by atoms with van der Waals surface area (Å²) in [6, 6.07) is 11.6. The number of piperidine rings is 1. The molecular formula is C29H34FN3O2. The highest BCUT2D eigenvalue weighted by atomic mass is 19.1. The number of halogens is 1. The number of nitrogens with one attached hydrogen (secondary N) is 1. The molecule has 3 saturated heterocycles. The Hall–Kier alpha value is -2.83. The van der Waals surface area contributed by atoms with Gasteiger partial charge in [-0.2, -0.15) is 0 Å². The Morgan fingerprint density at radius 3 is 2.91 bits per heavy atom. The van der Waals surface area contributed by atoms with Crippen molar-refractivity contribution in [2.75, 3.05) is 49.2 Å². The third kappa shape index (κ3) is 4.45. The maximum absolute atomic E-state index is 15.4. The number of fused-ring (bicyclic) bond motifs is 1. The Morgan fingerprint density at radius 1 is 1.17 bits per heavy atom. The number of ether oxygens (including phenoxy) is 2. The summed E-state index contributed by atoms with van der Waals surface area (Å²) in [5.41, 5.74) is 4.69. The van der Waals surface area contributed by atoms with Crippen LogP contribution in [0.1, 0.15) is 43.2 Å². The Balaban J connectivity index is 1.17. The van der Waals surface area contributed by atoms with Gasteiger partial charge in [-0.1, -0.05) is 6.58 Å². The van der Waals surface area contributed by atoms with Gasteiger partial charge in [0.15, 0.2) is 0 Å². The van der Waals surface area contributed by atoms with Crippen LogP contribution >= 0.6 is 0 Å². The lowest BCUT2D eigenvalue weighted by Gasteiger charge is -2.41. The van der Waals surface area contributed by atoms with Crippen molar-refractivity contribution in [3.8, 4) is 5.75 Å². The van der Waals surface area contributed by atoms with E-state index < -0.39 is 0 Å². The summed E-state index contributed by atoms with van der Waals surface area (Å²) in [6.45, 7) is 9.68. The topological polar surface area (TPSA) is 37.0 Å². The number of hydrogen-bond donors (Lipinski definition) is 1. The van der Waals surface area contributed by atoms with Crippen LogP contribution < -0.4 is 19.9 Å². The van der Waals surface area contributed by atoms with Crippen LogP contribution in [0.15, 0.2) is 49.2 Å². The zero-order valence-corrected chi connectivity index (χ0v) is 20.3. The van der Waals surface area contributed by atoms with Gasteiger partial charge in [-0.05, 0) is 80.6 Å². The third-order valence-electron chi connectivity index (χ3n) is 8.03. The molecule has 1 spiro atoms. The SMILES string of the molecule is C=C1c2ccc(OC[C@H]3CCCO3)cc2C=CN1c1ccc(N2CCCC3(CCNC3)C2)c(F)c1. The maximum atomic E-state index is 15.4. The molecule has 4 aliphatic heterocycles. The van der Waals surface area contributed by atoms with E-state index in [2.05, 4.69) is 16.8 Å². The van der Waals surface area contributed by atoms with E-state index in [1.807, 2.05) is 47.5 Å². The maximum Gasteiger partial charge on any atom is 0.148 e. The summed E-state index contributed by atoms with van der Waals surface area (Å²) in [6.07, 6.45) is 9.88. The standard InChI is InChI=1S/C29H34FN3O2/c1-21-26-7-6-24(35-18-25-4-2-15-34-25)16-22(26)9-14-33(21)23-5-8-28(27(30)17-23)32-13-3-10-29(20-32)11-12-31-19-29/h5-9,14,16-17,25,31H,1-4,10-13,15,18-20H2/t25-,29?/m1/s1. The Kier molecular flexibility index (Phi) is 6.02. The fourth-order valence-electron chi connectivity index (χ4n) is 6.07. The van der Waals surface area contributed by atoms with Crippen molar-refractivity contribution < 1.29 is 13.9 Å². The van der Waals surface area contributed by atoms with Crippen LogP contribution in [0.5, 0.6) is 5.75 Å². The smallest absolute Gasteiger partial charge is 0.148 e. The lowest BCUT2D eigenvalue weighted by molar-refractivity contribution is 0.0679. The highest BCUT2D eigenvalue weighted by molar-refractivity contribution is 5.89. The molecule has 2 aromatic rings. The molecule has 0 aromatic heterocycles. The molecule has 35 heavy (non-hydrogen) atoms. The fraction of sp³-hybridized carbons (Fsp3) is 0.448. The van der Waals surface area contributed by atoms with Crippen LogP contribution in [0.25, 0.3) is 11.8 Å². The molecule has 5 nitrogen and oxygen atoms in total. The highest BCUT2D eigenvalue weighted by Crippen LogP contribution is 2.40. The number of hydrogen-bond acceptors (Lipinski definition) is 5. The summed E-state index contributed by atoms with van der Waals surface area (Å²) in [5.74, 6) is 0.660. The first-order chi connectivity index (χ1) is 17.1. The van der Waals surface area contributed by atoms with Gasteiger partial charge < -0.3 is 24.6 Å². The predicted molar refractivity (Wildman–Crippen MR) is 139 cm³/mol. The van der Waals surface area contributed by atoms with E-state index in [1.165, 1.54) is 12.8 Å². The van der Waals surface area contributed by atoms with Crippen LogP contribution in [0.4, 0.5) is 15.8 Å². The molecule has 2 atom stereocenters. The second-order valence-corrected chi connectivity index (χ2v) is 10.4. The minimum atomic E-state index is -0.171. The van der Waals surface area contributed by atoms with Crippen LogP contribution in [-0.2, 0) is 4.74 Å². The average Bonchev–Trinajstić information content (AvgIpc) is 3.55. The van der Waals surface area contributed by atoms with E-state index >= 15 is 4.39 Å². The van der Waals surface area contributed by atoms with Gasteiger partial charge in [0, 0.05) is 60.9 Å². The first-order valence-electron chi connectivity index (χ1n) is 12.9. The molecule has 0 amide bonds. The van der Waals surface area contributed by atoms with Gasteiger partial charge in [-0.15, -0.1) is 0 Å². The monoisotopic (exact) mass is 475 g/mol. The van der Waals surface area contributed by atoms with E-state index in [0.29, 0.717) is 17.7 Å². The van der Waals surface area contributed by atoms with Gasteiger partial charge in [0.05, 0.1) is 11.8 Å². The van der Waals surface area contributed by atoms with Gasteiger partial charge in [-0.3, -0.25) is 0 Å². The largest absolute Gasteiger partial charge is 0.491 e. The van der Waals surface area contributed by atoms with Crippen LogP contribution in [0.2, 0.25) is 0 Å². The van der Waals surface area contributed by atoms with Crippen molar-refractivity contribution in [3.63, 3.8) is 0 Å². The molecule has 0 radical (unpaired) electrons. The van der Waals surface area contributed by atoms with E-state index in [1.54, 1.807) is 6.07 Å². The quantitative estimate of drug-likeness (QED) is 0.625. The Bertz CT molecular complexity index is 1130. The summed E-state index contributed by atoms with van der Waals surface area (Å²) < 4.78 is 27.0. The molecule has 3 fully saturated rings. The Morgan fingerprint density at radius 2 is 2.11 bits per heavy atom. The van der Waals surface area contributed by atoms with E-state index in [9.17, 15) is 0 Å². The van der Waals surface area contributed by atoms with Gasteiger partial charge in [-0.25, -0.2) is 4.39 Å². The molecule has 4 heterocycles. The number of benzene rings is 2. The van der Waals surface area contributed by atoms with Crippen LogP contribution in [0, 0.1) is 11.2 Å².